The van der Waals surface area contributed by atoms with Gasteiger partial charge < -0.3 is 15.0 Å². The number of piperidine rings is 1. The fraction of sp³-hybridized carbons (Fsp3) is 0.273. The van der Waals surface area contributed by atoms with Gasteiger partial charge in [-0.25, -0.2) is 4.52 Å². The molecule has 1 aliphatic heterocycles. The number of nitrogens with zero attached hydrogens (tertiary/aromatic N) is 2. The topological polar surface area (TPSA) is 71.4 Å². The van der Waals surface area contributed by atoms with Gasteiger partial charge in [0.2, 0.25) is 0 Å². The molecule has 160 valence electrons. The van der Waals surface area contributed by atoms with Crippen LogP contribution in [0.25, 0.3) is 27.7 Å². The van der Waals surface area contributed by atoms with E-state index in [-0.39, 0.29) is 22.8 Å². The Kier molecular flexibility index (Phi) is 4.70. The van der Waals surface area contributed by atoms with Crippen LogP contribution in [0.2, 0.25) is 0 Å². The van der Waals surface area contributed by atoms with Gasteiger partial charge in [0.25, 0.3) is 5.56 Å². The van der Waals surface area contributed by atoms with Crippen molar-refractivity contribution in [3.8, 4) is 16.9 Å². The molecule has 2 aromatic carbocycles. The molecule has 0 amide bonds. The zero-order valence-corrected chi connectivity index (χ0v) is 16.4. The van der Waals surface area contributed by atoms with Gasteiger partial charge in [-0.2, -0.15) is 5.10 Å². The molecule has 0 atom stereocenters. The first-order valence-electron chi connectivity index (χ1n) is 10.0. The van der Waals surface area contributed by atoms with Gasteiger partial charge in [0.1, 0.15) is 11.4 Å². The van der Waals surface area contributed by atoms with Crippen LogP contribution in [0.15, 0.2) is 53.3 Å². The van der Waals surface area contributed by atoms with E-state index in [2.05, 4.69) is 20.1 Å². The first-order valence-corrected chi connectivity index (χ1v) is 10.0. The highest BCUT2D eigenvalue weighted by atomic mass is 19.4. The minimum absolute atomic E-state index is 0.171. The standard InChI is InChI=1S/C22H19F3N4O2/c23-22(24,25)31-18-7-2-1-4-14(18)15-5-3-6-16-20(15)21-27-19(30)12-17(29(21)28-16)13-8-10-26-11-9-13/h1-7,12-13,26H,8-11H2,(H,27,30). The number of aromatic nitrogens is 3. The van der Waals surface area contributed by atoms with E-state index in [1.54, 1.807) is 40.9 Å². The summed E-state index contributed by atoms with van der Waals surface area (Å²) >= 11 is 0. The van der Waals surface area contributed by atoms with Gasteiger partial charge >= 0.3 is 6.36 Å². The molecule has 0 saturated carbocycles. The summed E-state index contributed by atoms with van der Waals surface area (Å²) in [6.07, 6.45) is -3.06. The Morgan fingerprint density at radius 1 is 1.03 bits per heavy atom. The summed E-state index contributed by atoms with van der Waals surface area (Å²) < 4.78 is 44.9. The van der Waals surface area contributed by atoms with E-state index in [4.69, 9.17) is 0 Å². The Morgan fingerprint density at radius 3 is 2.55 bits per heavy atom. The van der Waals surface area contributed by atoms with Crippen molar-refractivity contribution in [2.45, 2.75) is 25.1 Å². The van der Waals surface area contributed by atoms with Gasteiger partial charge in [0, 0.05) is 17.5 Å². The van der Waals surface area contributed by atoms with Gasteiger partial charge in [0.15, 0.2) is 0 Å². The van der Waals surface area contributed by atoms with Crippen molar-refractivity contribution >= 4 is 16.6 Å². The van der Waals surface area contributed by atoms with Crippen molar-refractivity contribution in [2.24, 2.45) is 0 Å². The van der Waals surface area contributed by atoms with Crippen LogP contribution in [0.3, 0.4) is 0 Å². The maximum absolute atomic E-state index is 13.0. The monoisotopic (exact) mass is 428 g/mol. The molecule has 4 aromatic rings. The molecule has 1 fully saturated rings. The Hall–Kier alpha value is -3.33. The van der Waals surface area contributed by atoms with E-state index in [1.807, 2.05) is 0 Å². The van der Waals surface area contributed by atoms with Crippen molar-refractivity contribution in [3.63, 3.8) is 0 Å². The van der Waals surface area contributed by atoms with Crippen molar-refractivity contribution < 1.29 is 17.9 Å². The molecule has 1 saturated heterocycles. The van der Waals surface area contributed by atoms with Crippen LogP contribution >= 0.6 is 0 Å². The number of ether oxygens (including phenoxy) is 1. The zero-order valence-electron chi connectivity index (χ0n) is 16.4. The molecule has 1 aliphatic rings. The smallest absolute Gasteiger partial charge is 0.405 e. The molecule has 0 spiro atoms. The predicted molar refractivity (Wildman–Crippen MR) is 110 cm³/mol. The summed E-state index contributed by atoms with van der Waals surface area (Å²) in [4.78, 5) is 15.3. The predicted octanol–water partition coefficient (Wildman–Crippen LogP) is 4.21. The molecule has 0 radical (unpaired) electrons. The van der Waals surface area contributed by atoms with Crippen molar-refractivity contribution in [3.05, 3.63) is 64.6 Å². The second kappa shape index (κ2) is 7.42. The second-order valence-corrected chi connectivity index (χ2v) is 7.59. The van der Waals surface area contributed by atoms with E-state index in [0.717, 1.165) is 31.6 Å². The fourth-order valence-electron chi connectivity index (χ4n) is 4.32. The maximum atomic E-state index is 13.0. The normalized spacial score (nSPS) is 15.6. The number of hydrogen-bond acceptors (Lipinski definition) is 4. The summed E-state index contributed by atoms with van der Waals surface area (Å²) in [5.74, 6) is -0.136. The van der Waals surface area contributed by atoms with Crippen molar-refractivity contribution in [1.82, 2.24) is 19.9 Å². The highest BCUT2D eigenvalue weighted by Crippen LogP contribution is 2.39. The molecule has 2 aromatic heterocycles. The molecule has 0 bridgehead atoms. The summed E-state index contributed by atoms with van der Waals surface area (Å²) in [5, 5.41) is 8.57. The SMILES string of the molecule is O=c1cc(C2CCNCC2)n2nc3cccc(-c4ccccc4OC(F)(F)F)c3c2[nH]1. The molecule has 9 heteroatoms. The Labute approximate surface area is 174 Å². The third kappa shape index (κ3) is 3.65. The highest BCUT2D eigenvalue weighted by molar-refractivity contribution is 6.04. The molecular formula is C22H19F3N4O2. The van der Waals surface area contributed by atoms with Gasteiger partial charge in [-0.15, -0.1) is 13.2 Å². The number of alkyl halides is 3. The molecule has 0 aliphatic carbocycles. The number of aromatic amines is 1. The number of fused-ring (bicyclic) bond motifs is 3. The van der Waals surface area contributed by atoms with Gasteiger partial charge in [-0.1, -0.05) is 30.3 Å². The molecule has 2 N–H and O–H groups in total. The second-order valence-electron chi connectivity index (χ2n) is 7.59. The molecule has 0 unspecified atom stereocenters. The van der Waals surface area contributed by atoms with E-state index < -0.39 is 6.36 Å². The average Bonchev–Trinajstić information content (AvgIpc) is 3.12. The quantitative estimate of drug-likeness (QED) is 0.513. The van der Waals surface area contributed by atoms with E-state index >= 15 is 0 Å². The fourth-order valence-corrected chi connectivity index (χ4v) is 4.32. The lowest BCUT2D eigenvalue weighted by Gasteiger charge is -2.23. The van der Waals surface area contributed by atoms with Crippen molar-refractivity contribution in [1.29, 1.82) is 0 Å². The Bertz CT molecular complexity index is 1320. The number of benzene rings is 2. The van der Waals surface area contributed by atoms with Crippen LogP contribution in [0.5, 0.6) is 5.75 Å². The van der Waals surface area contributed by atoms with Gasteiger partial charge in [-0.3, -0.25) is 4.79 Å². The Morgan fingerprint density at radius 2 is 1.77 bits per heavy atom. The first kappa shape index (κ1) is 19.6. The van der Waals surface area contributed by atoms with Crippen LogP contribution in [0, 0.1) is 0 Å². The highest BCUT2D eigenvalue weighted by Gasteiger charge is 2.32. The molecule has 6 nitrogen and oxygen atoms in total. The summed E-state index contributed by atoms with van der Waals surface area (Å²) in [6.45, 7) is 1.71. The lowest BCUT2D eigenvalue weighted by molar-refractivity contribution is -0.274. The van der Waals surface area contributed by atoms with E-state index in [1.165, 1.54) is 12.1 Å². The van der Waals surface area contributed by atoms with E-state index in [9.17, 15) is 18.0 Å². The van der Waals surface area contributed by atoms with Crippen molar-refractivity contribution in [2.75, 3.05) is 13.1 Å². The van der Waals surface area contributed by atoms with Crippen LogP contribution in [-0.4, -0.2) is 34.0 Å². The molecule has 3 heterocycles. The summed E-state index contributed by atoms with van der Waals surface area (Å²) in [6, 6.07) is 12.8. The first-order chi connectivity index (χ1) is 14.9. The molecular weight excluding hydrogens is 409 g/mol. The number of para-hydroxylation sites is 1. The lowest BCUT2D eigenvalue weighted by atomic mass is 9.94. The summed E-state index contributed by atoms with van der Waals surface area (Å²) in [7, 11) is 0. The third-order valence-electron chi connectivity index (χ3n) is 5.62. The van der Waals surface area contributed by atoms with Gasteiger partial charge in [0.05, 0.1) is 16.6 Å². The zero-order chi connectivity index (χ0) is 21.6. The number of halogens is 3. The van der Waals surface area contributed by atoms with Crippen LogP contribution in [0.1, 0.15) is 24.5 Å². The van der Waals surface area contributed by atoms with Crippen LogP contribution < -0.4 is 15.6 Å². The number of rotatable bonds is 3. The number of nitrogens with one attached hydrogen (secondary N) is 2. The average molecular weight is 428 g/mol. The Balaban J connectivity index is 1.76. The minimum Gasteiger partial charge on any atom is -0.405 e. The third-order valence-corrected chi connectivity index (χ3v) is 5.62. The van der Waals surface area contributed by atoms with Crippen LogP contribution in [-0.2, 0) is 0 Å². The largest absolute Gasteiger partial charge is 0.573 e. The minimum atomic E-state index is -4.82. The van der Waals surface area contributed by atoms with Gasteiger partial charge in [-0.05, 0) is 43.6 Å². The molecule has 5 rings (SSSR count). The summed E-state index contributed by atoms with van der Waals surface area (Å²) in [5.41, 5.74) is 2.36. The maximum Gasteiger partial charge on any atom is 0.573 e. The number of hydrogen-bond donors (Lipinski definition) is 2. The number of H-pyrrole nitrogens is 1. The van der Waals surface area contributed by atoms with Crippen LogP contribution in [0.4, 0.5) is 13.2 Å². The molecule has 31 heavy (non-hydrogen) atoms. The lowest BCUT2D eigenvalue weighted by Crippen LogP contribution is -2.28. The van der Waals surface area contributed by atoms with E-state index in [0.29, 0.717) is 22.1 Å².